The highest BCUT2D eigenvalue weighted by atomic mass is 32.2. The number of benzene rings is 4. The summed E-state index contributed by atoms with van der Waals surface area (Å²) in [5.74, 6) is -1.04. The van der Waals surface area contributed by atoms with Gasteiger partial charge in [-0.1, -0.05) is 60.7 Å². The van der Waals surface area contributed by atoms with Crippen LogP contribution in [-0.2, 0) is 19.1 Å². The number of fused-ring (bicyclic) bond motifs is 5. The second-order valence-corrected chi connectivity index (χ2v) is 10.2. The topological polar surface area (TPSA) is 76.6 Å². The van der Waals surface area contributed by atoms with Crippen molar-refractivity contribution in [2.75, 3.05) is 11.2 Å². The number of hydrogen-bond donors (Lipinski definition) is 0. The molecular weight excluding hydrogens is 467 g/mol. The number of carbonyl (C=O) groups is 1. The monoisotopic (exact) mass is 486 g/mol. The van der Waals surface area contributed by atoms with E-state index in [4.69, 9.17) is 4.18 Å². The highest BCUT2D eigenvalue weighted by molar-refractivity contribution is 7.86. The highest BCUT2D eigenvalue weighted by Crippen LogP contribution is 2.46. The summed E-state index contributed by atoms with van der Waals surface area (Å²) in [6.07, 6.45) is 0.653. The molecule has 0 bridgehead atoms. The maximum absolute atomic E-state index is 13.6. The summed E-state index contributed by atoms with van der Waals surface area (Å²) >= 11 is 0. The number of hydrogen-bond acceptors (Lipinski definition) is 5. The van der Waals surface area contributed by atoms with E-state index in [1.54, 1.807) is 0 Å². The van der Waals surface area contributed by atoms with Gasteiger partial charge in [0.2, 0.25) is 0 Å². The second-order valence-electron chi connectivity index (χ2n) is 8.60. The van der Waals surface area contributed by atoms with Gasteiger partial charge in [-0.2, -0.15) is 8.42 Å². The van der Waals surface area contributed by atoms with Crippen LogP contribution in [0.3, 0.4) is 0 Å². The van der Waals surface area contributed by atoms with E-state index in [1.807, 2.05) is 54.6 Å². The summed E-state index contributed by atoms with van der Waals surface area (Å²) in [6, 6.07) is 23.7. The molecule has 2 atom stereocenters. The van der Waals surface area contributed by atoms with Gasteiger partial charge in [0.1, 0.15) is 11.9 Å². The number of pyridine rings is 1. The lowest BCUT2D eigenvalue weighted by molar-refractivity contribution is -0.134. The zero-order valence-corrected chi connectivity index (χ0v) is 19.4. The van der Waals surface area contributed by atoms with E-state index in [0.29, 0.717) is 11.4 Å². The summed E-state index contributed by atoms with van der Waals surface area (Å²) in [6.45, 7) is 0. The summed E-state index contributed by atoms with van der Waals surface area (Å²) in [5, 5.41) is 5.88. The van der Waals surface area contributed by atoms with Crippen LogP contribution in [-0.4, -0.2) is 31.7 Å². The van der Waals surface area contributed by atoms with Crippen molar-refractivity contribution in [3.63, 3.8) is 0 Å². The zero-order chi connectivity index (χ0) is 24.3. The average Bonchev–Trinajstić information content (AvgIpc) is 2.85. The van der Waals surface area contributed by atoms with E-state index >= 15 is 0 Å². The fourth-order valence-electron chi connectivity index (χ4n) is 4.90. The van der Waals surface area contributed by atoms with Crippen LogP contribution in [0.1, 0.15) is 11.7 Å². The summed E-state index contributed by atoms with van der Waals surface area (Å²) in [5.41, 5.74) is 0.945. The molecule has 0 saturated carbocycles. The van der Waals surface area contributed by atoms with Crippen LogP contribution >= 0.6 is 0 Å². The molecule has 1 aliphatic heterocycles. The van der Waals surface area contributed by atoms with Crippen LogP contribution in [0.4, 0.5) is 10.1 Å². The van der Waals surface area contributed by atoms with Crippen molar-refractivity contribution >= 4 is 54.0 Å². The van der Waals surface area contributed by atoms with Crippen molar-refractivity contribution in [3.8, 4) is 0 Å². The Morgan fingerprint density at radius 2 is 1.54 bits per heavy atom. The first-order valence-electron chi connectivity index (χ1n) is 11.0. The Bertz CT molecular complexity index is 1750. The third kappa shape index (κ3) is 3.53. The first-order chi connectivity index (χ1) is 16.8. The van der Waals surface area contributed by atoms with Crippen LogP contribution in [0.25, 0.3) is 32.3 Å². The highest BCUT2D eigenvalue weighted by Gasteiger charge is 2.53. The summed E-state index contributed by atoms with van der Waals surface area (Å²) < 4.78 is 42.6. The van der Waals surface area contributed by atoms with Crippen LogP contribution in [0.15, 0.2) is 85.1 Å². The molecule has 8 heteroatoms. The molecule has 1 aromatic heterocycles. The molecule has 6 rings (SSSR count). The number of β-lactam (4-membered cyclic amide) rings is 1. The van der Waals surface area contributed by atoms with Gasteiger partial charge >= 0.3 is 0 Å². The van der Waals surface area contributed by atoms with E-state index in [0.717, 1.165) is 44.8 Å². The van der Waals surface area contributed by atoms with Gasteiger partial charge in [-0.15, -0.1) is 0 Å². The summed E-state index contributed by atoms with van der Waals surface area (Å²) in [4.78, 5) is 19.0. The van der Waals surface area contributed by atoms with E-state index in [1.165, 1.54) is 17.0 Å². The van der Waals surface area contributed by atoms with Gasteiger partial charge in [0.05, 0.1) is 23.8 Å². The van der Waals surface area contributed by atoms with Gasteiger partial charge in [0, 0.05) is 5.39 Å². The Kier molecular flexibility index (Phi) is 4.84. The van der Waals surface area contributed by atoms with Gasteiger partial charge in [-0.25, -0.2) is 4.39 Å². The number of anilines is 1. The molecule has 1 amide bonds. The Morgan fingerprint density at radius 1 is 0.857 bits per heavy atom. The maximum atomic E-state index is 13.6. The Hall–Kier alpha value is -3.88. The molecule has 1 fully saturated rings. The molecule has 0 unspecified atom stereocenters. The van der Waals surface area contributed by atoms with Crippen LogP contribution in [0.2, 0.25) is 0 Å². The van der Waals surface area contributed by atoms with Gasteiger partial charge in [-0.05, 0) is 45.1 Å². The first-order valence-corrected chi connectivity index (χ1v) is 12.8. The predicted octanol–water partition coefficient (Wildman–Crippen LogP) is 5.11. The second kappa shape index (κ2) is 7.83. The van der Waals surface area contributed by atoms with E-state index in [-0.39, 0.29) is 0 Å². The van der Waals surface area contributed by atoms with Gasteiger partial charge in [0.25, 0.3) is 16.0 Å². The normalized spacial score (nSPS) is 18.3. The quantitative estimate of drug-likeness (QED) is 0.200. The predicted molar refractivity (Wildman–Crippen MR) is 133 cm³/mol. The Morgan fingerprint density at radius 3 is 2.26 bits per heavy atom. The van der Waals surface area contributed by atoms with Crippen molar-refractivity contribution in [3.05, 3.63) is 96.6 Å². The standard InChI is InChI=1S/C27H19FN2O4S/c1-35(32,33)34-26-25(23-13-11-17(28)15-29-23)30(27(26)31)24-14-22-18-7-3-2-6-16(18)10-12-20(22)19-8-4-5-9-21(19)24/h2-15,25-26H,1H3/t25-,26-/m1/s1. The number of nitrogens with zero attached hydrogens (tertiary/aromatic N) is 2. The molecule has 0 radical (unpaired) electrons. The largest absolute Gasteiger partial charge is 0.297 e. The molecule has 2 heterocycles. The Balaban J connectivity index is 1.62. The van der Waals surface area contributed by atoms with E-state index in [9.17, 15) is 17.6 Å². The molecule has 6 nitrogen and oxygen atoms in total. The number of halogens is 1. The lowest BCUT2D eigenvalue weighted by atomic mass is 9.90. The third-order valence-electron chi connectivity index (χ3n) is 6.38. The van der Waals surface area contributed by atoms with Crippen molar-refractivity contribution < 1.29 is 21.8 Å². The molecule has 35 heavy (non-hydrogen) atoms. The van der Waals surface area contributed by atoms with Crippen LogP contribution < -0.4 is 4.90 Å². The number of amides is 1. The molecule has 0 N–H and O–H groups in total. The van der Waals surface area contributed by atoms with E-state index in [2.05, 4.69) is 17.1 Å². The summed E-state index contributed by atoms with van der Waals surface area (Å²) in [7, 11) is -3.93. The van der Waals surface area contributed by atoms with Crippen molar-refractivity contribution in [1.29, 1.82) is 0 Å². The minimum atomic E-state index is -3.93. The third-order valence-corrected chi connectivity index (χ3v) is 6.94. The van der Waals surface area contributed by atoms with Gasteiger partial charge in [-0.3, -0.25) is 18.9 Å². The molecule has 174 valence electrons. The molecule has 5 aromatic rings. The number of rotatable bonds is 4. The zero-order valence-electron chi connectivity index (χ0n) is 18.6. The molecular formula is C27H19FN2O4S. The fourth-order valence-corrected chi connectivity index (χ4v) is 5.47. The van der Waals surface area contributed by atoms with Crippen molar-refractivity contribution in [1.82, 2.24) is 4.98 Å². The van der Waals surface area contributed by atoms with Crippen LogP contribution in [0, 0.1) is 5.82 Å². The maximum Gasteiger partial charge on any atom is 0.265 e. The molecule has 0 spiro atoms. The average molecular weight is 487 g/mol. The van der Waals surface area contributed by atoms with Gasteiger partial charge < -0.3 is 0 Å². The van der Waals surface area contributed by atoms with Crippen LogP contribution in [0.5, 0.6) is 0 Å². The van der Waals surface area contributed by atoms with Crippen molar-refractivity contribution in [2.24, 2.45) is 0 Å². The number of carbonyl (C=O) groups excluding carboxylic acids is 1. The minimum absolute atomic E-state index is 0.335. The molecule has 1 aliphatic rings. The first kappa shape index (κ1) is 21.6. The molecule has 1 saturated heterocycles. The smallest absolute Gasteiger partial charge is 0.265 e. The minimum Gasteiger partial charge on any atom is -0.297 e. The lowest BCUT2D eigenvalue weighted by Gasteiger charge is -2.45. The Labute approximate surface area is 200 Å². The fraction of sp³-hybridized carbons (Fsp3) is 0.111. The SMILES string of the molecule is CS(=O)(=O)O[C@H]1C(=O)N(c2cc3c4ccccc4ccc3c3ccccc23)[C@@H]1c1ccc(F)cn1. The van der Waals surface area contributed by atoms with Gasteiger partial charge in [0.15, 0.2) is 6.10 Å². The van der Waals surface area contributed by atoms with Crippen molar-refractivity contribution in [2.45, 2.75) is 12.1 Å². The lowest BCUT2D eigenvalue weighted by Crippen LogP contribution is -2.61. The molecule has 4 aromatic carbocycles. The number of aromatic nitrogens is 1. The van der Waals surface area contributed by atoms with E-state index < -0.39 is 34.0 Å². The molecule has 0 aliphatic carbocycles.